The molecule has 0 aromatic rings. The molecule has 0 rings (SSSR count). The number of carbonyl (C=O) groups is 2. The molecule has 9 heteroatoms. The van der Waals surface area contributed by atoms with E-state index < -0.39 is 40.1 Å². The maximum atomic E-state index is 11.0. The number of nitrogens with zero attached hydrogens (tertiary/aromatic N) is 1. The van der Waals surface area contributed by atoms with Crippen LogP contribution in [0.15, 0.2) is 0 Å². The average Bonchev–Trinajstić information content (AvgIpc) is 2.00. The Morgan fingerprint density at radius 1 is 1.53 bits per heavy atom. The molecule has 1 amide bonds. The molecular formula is C6H9N3O5S. The van der Waals surface area contributed by atoms with Crippen molar-refractivity contribution in [1.29, 1.82) is 5.26 Å². The molecule has 0 radical (unpaired) electrons. The molecule has 0 spiro atoms. The molecule has 0 heterocycles. The van der Waals surface area contributed by atoms with Gasteiger partial charge in [0.25, 0.3) is 0 Å². The molecule has 0 aromatic carbocycles. The molecule has 0 aliphatic rings. The van der Waals surface area contributed by atoms with E-state index in [-0.39, 0.29) is 0 Å². The Kier molecular flexibility index (Phi) is 4.69. The van der Waals surface area contributed by atoms with E-state index in [0.717, 1.165) is 0 Å². The highest BCUT2D eigenvalue weighted by atomic mass is 32.2. The van der Waals surface area contributed by atoms with Gasteiger partial charge in [-0.05, 0) is 0 Å². The minimum absolute atomic E-state index is 0.667. The predicted octanol–water partition coefficient (Wildman–Crippen LogP) is -2.24. The third kappa shape index (κ3) is 5.61. The van der Waals surface area contributed by atoms with Crippen molar-refractivity contribution in [1.82, 2.24) is 4.72 Å². The number of aliphatic carboxylic acids is 1. The first-order valence-corrected chi connectivity index (χ1v) is 5.32. The number of carboxylic acids is 1. The smallest absolute Gasteiger partial charge is 0.322 e. The van der Waals surface area contributed by atoms with Gasteiger partial charge in [0.1, 0.15) is 6.04 Å². The number of amides is 1. The number of nitrogens with one attached hydrogen (secondary N) is 1. The van der Waals surface area contributed by atoms with Gasteiger partial charge in [-0.2, -0.15) is 9.98 Å². The monoisotopic (exact) mass is 235 g/mol. The van der Waals surface area contributed by atoms with Crippen molar-refractivity contribution in [2.24, 2.45) is 5.73 Å². The number of sulfonamides is 1. The van der Waals surface area contributed by atoms with Crippen LogP contribution in [0.5, 0.6) is 0 Å². The Morgan fingerprint density at radius 2 is 2.07 bits per heavy atom. The Bertz CT molecular complexity index is 395. The van der Waals surface area contributed by atoms with E-state index in [4.69, 9.17) is 16.1 Å². The van der Waals surface area contributed by atoms with Crippen LogP contribution in [-0.4, -0.2) is 37.2 Å². The number of carbonyl (C=O) groups excluding carboxylic acids is 1. The zero-order valence-corrected chi connectivity index (χ0v) is 8.32. The first-order chi connectivity index (χ1) is 6.78. The van der Waals surface area contributed by atoms with Crippen LogP contribution in [0.2, 0.25) is 0 Å². The summed E-state index contributed by atoms with van der Waals surface area (Å²) in [5.74, 6) is -3.37. The summed E-state index contributed by atoms with van der Waals surface area (Å²) in [6.45, 7) is 0. The lowest BCUT2D eigenvalue weighted by Crippen LogP contribution is -2.43. The first kappa shape index (κ1) is 13.3. The molecule has 15 heavy (non-hydrogen) atoms. The molecule has 0 bridgehead atoms. The van der Waals surface area contributed by atoms with Gasteiger partial charge < -0.3 is 10.8 Å². The van der Waals surface area contributed by atoms with E-state index in [2.05, 4.69) is 0 Å². The second-order valence-corrected chi connectivity index (χ2v) is 4.35. The molecule has 0 saturated carbocycles. The Morgan fingerprint density at radius 3 is 2.40 bits per heavy atom. The summed E-state index contributed by atoms with van der Waals surface area (Å²) in [5, 5.41) is 16.7. The molecule has 1 atom stereocenters. The van der Waals surface area contributed by atoms with Crippen molar-refractivity contribution >= 4 is 21.9 Å². The zero-order chi connectivity index (χ0) is 12.1. The fraction of sp³-hybridized carbons (Fsp3) is 0.500. The van der Waals surface area contributed by atoms with E-state index in [1.165, 1.54) is 6.07 Å². The van der Waals surface area contributed by atoms with Crippen molar-refractivity contribution in [3.63, 3.8) is 0 Å². The van der Waals surface area contributed by atoms with Crippen molar-refractivity contribution < 1.29 is 23.1 Å². The second kappa shape index (κ2) is 5.28. The minimum Gasteiger partial charge on any atom is -0.480 e. The van der Waals surface area contributed by atoms with Crippen LogP contribution >= 0.6 is 0 Å². The van der Waals surface area contributed by atoms with E-state index in [0.29, 0.717) is 0 Å². The summed E-state index contributed by atoms with van der Waals surface area (Å²) >= 11 is 0. The van der Waals surface area contributed by atoms with Crippen LogP contribution in [0.1, 0.15) is 6.42 Å². The van der Waals surface area contributed by atoms with Crippen LogP contribution in [-0.2, 0) is 19.6 Å². The Hall–Kier alpha value is -1.66. The Balaban J connectivity index is 4.64. The number of carboxylic acid groups (broad SMARTS) is 1. The van der Waals surface area contributed by atoms with Gasteiger partial charge in [-0.3, -0.25) is 9.59 Å². The topological polar surface area (TPSA) is 150 Å². The SMILES string of the molecule is N#CCS(=O)(=O)N[C@H](CC(N)=O)C(=O)O. The number of nitriles is 1. The summed E-state index contributed by atoms with van der Waals surface area (Å²) in [7, 11) is -4.02. The van der Waals surface area contributed by atoms with Crippen molar-refractivity contribution in [2.45, 2.75) is 12.5 Å². The third-order valence-electron chi connectivity index (χ3n) is 1.28. The van der Waals surface area contributed by atoms with Crippen molar-refractivity contribution in [3.8, 4) is 6.07 Å². The highest BCUT2D eigenvalue weighted by molar-refractivity contribution is 7.89. The maximum absolute atomic E-state index is 11.0. The van der Waals surface area contributed by atoms with Crippen LogP contribution in [0.3, 0.4) is 0 Å². The van der Waals surface area contributed by atoms with Gasteiger partial charge in [-0.25, -0.2) is 8.42 Å². The van der Waals surface area contributed by atoms with E-state index in [9.17, 15) is 18.0 Å². The molecule has 0 aliphatic heterocycles. The average molecular weight is 235 g/mol. The zero-order valence-electron chi connectivity index (χ0n) is 7.50. The standard InChI is InChI=1S/C6H9N3O5S/c7-1-2-15(13,14)9-4(6(11)12)3-5(8)10/h4,9H,2-3H2,(H2,8,10)(H,11,12)/t4-/m1/s1. The molecule has 0 unspecified atom stereocenters. The highest BCUT2D eigenvalue weighted by Crippen LogP contribution is 1.95. The molecule has 8 nitrogen and oxygen atoms in total. The normalized spacial score (nSPS) is 12.7. The number of hydrogen-bond acceptors (Lipinski definition) is 5. The van der Waals surface area contributed by atoms with Gasteiger partial charge >= 0.3 is 5.97 Å². The quantitative estimate of drug-likeness (QED) is 0.473. The largest absolute Gasteiger partial charge is 0.480 e. The lowest BCUT2D eigenvalue weighted by molar-refractivity contribution is -0.140. The molecule has 0 fully saturated rings. The van der Waals surface area contributed by atoms with Crippen LogP contribution in [0.25, 0.3) is 0 Å². The van der Waals surface area contributed by atoms with E-state index in [1.807, 2.05) is 0 Å². The van der Waals surface area contributed by atoms with E-state index >= 15 is 0 Å². The van der Waals surface area contributed by atoms with Crippen LogP contribution in [0.4, 0.5) is 0 Å². The summed E-state index contributed by atoms with van der Waals surface area (Å²) in [6, 6.07) is -0.292. The minimum atomic E-state index is -4.02. The van der Waals surface area contributed by atoms with E-state index in [1.54, 1.807) is 4.72 Å². The fourth-order valence-corrected chi connectivity index (χ4v) is 1.59. The van der Waals surface area contributed by atoms with Gasteiger partial charge in [-0.1, -0.05) is 0 Å². The molecule has 4 N–H and O–H groups in total. The predicted molar refractivity (Wildman–Crippen MR) is 47.8 cm³/mol. The van der Waals surface area contributed by atoms with Crippen LogP contribution in [0, 0.1) is 11.3 Å². The van der Waals surface area contributed by atoms with Gasteiger partial charge in [0.15, 0.2) is 5.75 Å². The number of nitrogens with two attached hydrogens (primary N) is 1. The third-order valence-corrected chi connectivity index (χ3v) is 2.43. The summed E-state index contributed by atoms with van der Waals surface area (Å²) in [4.78, 5) is 20.9. The van der Waals surface area contributed by atoms with Gasteiger partial charge in [-0.15, -0.1) is 0 Å². The summed E-state index contributed by atoms with van der Waals surface area (Å²) in [5.41, 5.74) is 4.72. The van der Waals surface area contributed by atoms with Crippen molar-refractivity contribution in [3.05, 3.63) is 0 Å². The summed E-state index contributed by atoms with van der Waals surface area (Å²) < 4.78 is 23.6. The first-order valence-electron chi connectivity index (χ1n) is 3.66. The number of rotatable bonds is 6. The molecule has 0 aromatic heterocycles. The van der Waals surface area contributed by atoms with Crippen molar-refractivity contribution in [2.75, 3.05) is 5.75 Å². The second-order valence-electron chi connectivity index (χ2n) is 2.60. The summed E-state index contributed by atoms with van der Waals surface area (Å²) in [6.07, 6.45) is -0.667. The molecule has 84 valence electrons. The molecule has 0 aliphatic carbocycles. The maximum Gasteiger partial charge on any atom is 0.322 e. The van der Waals surface area contributed by atoms with Gasteiger partial charge in [0.05, 0.1) is 12.5 Å². The fourth-order valence-electron chi connectivity index (χ4n) is 0.724. The number of hydrogen-bond donors (Lipinski definition) is 3. The van der Waals surface area contributed by atoms with Gasteiger partial charge in [0.2, 0.25) is 15.9 Å². The van der Waals surface area contributed by atoms with Crippen LogP contribution < -0.4 is 10.5 Å². The molecular weight excluding hydrogens is 226 g/mol. The lowest BCUT2D eigenvalue weighted by Gasteiger charge is -2.10. The Labute approximate surface area is 85.7 Å². The number of primary amides is 1. The lowest BCUT2D eigenvalue weighted by atomic mass is 10.2. The van der Waals surface area contributed by atoms with Gasteiger partial charge in [0, 0.05) is 0 Å². The highest BCUT2D eigenvalue weighted by Gasteiger charge is 2.25. The molecule has 0 saturated heterocycles.